The Balaban J connectivity index is 2.99. The standard InChI is InChI=1S/C10H19N3O/c1-8(11)9-5-12-7-13(9)10(2,3)6-14-4/h5,7-8H,6,11H2,1-4H3/t8-/m0/s1. The highest BCUT2D eigenvalue weighted by molar-refractivity contribution is 5.06. The summed E-state index contributed by atoms with van der Waals surface area (Å²) in [6.45, 7) is 6.80. The van der Waals surface area contributed by atoms with Crippen molar-refractivity contribution in [1.29, 1.82) is 0 Å². The molecule has 0 aliphatic heterocycles. The third-order valence-electron chi connectivity index (χ3n) is 2.28. The molecule has 1 aromatic rings. The van der Waals surface area contributed by atoms with E-state index in [1.807, 2.05) is 13.1 Å². The summed E-state index contributed by atoms with van der Waals surface area (Å²) in [5.74, 6) is 0. The van der Waals surface area contributed by atoms with E-state index in [0.29, 0.717) is 6.61 Å². The molecule has 4 heteroatoms. The predicted molar refractivity (Wildman–Crippen MR) is 56.0 cm³/mol. The van der Waals surface area contributed by atoms with Crippen LogP contribution in [0.2, 0.25) is 0 Å². The van der Waals surface area contributed by atoms with E-state index in [2.05, 4.69) is 23.4 Å². The second-order valence-corrected chi connectivity index (χ2v) is 4.22. The van der Waals surface area contributed by atoms with Gasteiger partial charge in [0.1, 0.15) is 0 Å². The van der Waals surface area contributed by atoms with Gasteiger partial charge in [0.15, 0.2) is 0 Å². The second kappa shape index (κ2) is 4.11. The van der Waals surface area contributed by atoms with Crippen LogP contribution in [0.25, 0.3) is 0 Å². The third kappa shape index (κ3) is 2.13. The molecule has 14 heavy (non-hydrogen) atoms. The van der Waals surface area contributed by atoms with E-state index in [0.717, 1.165) is 5.69 Å². The number of hydrogen-bond donors (Lipinski definition) is 1. The fraction of sp³-hybridized carbons (Fsp3) is 0.700. The lowest BCUT2D eigenvalue weighted by molar-refractivity contribution is 0.107. The van der Waals surface area contributed by atoms with E-state index in [-0.39, 0.29) is 11.6 Å². The van der Waals surface area contributed by atoms with E-state index < -0.39 is 0 Å². The van der Waals surface area contributed by atoms with Gasteiger partial charge in [-0.05, 0) is 20.8 Å². The fourth-order valence-corrected chi connectivity index (χ4v) is 1.57. The van der Waals surface area contributed by atoms with Crippen molar-refractivity contribution >= 4 is 0 Å². The maximum Gasteiger partial charge on any atom is 0.0954 e. The molecule has 0 radical (unpaired) electrons. The number of ether oxygens (including phenoxy) is 1. The largest absolute Gasteiger partial charge is 0.382 e. The lowest BCUT2D eigenvalue weighted by Crippen LogP contribution is -2.33. The number of nitrogens with two attached hydrogens (primary N) is 1. The van der Waals surface area contributed by atoms with Crippen molar-refractivity contribution in [3.63, 3.8) is 0 Å². The van der Waals surface area contributed by atoms with Crippen molar-refractivity contribution in [3.8, 4) is 0 Å². The Bertz CT molecular complexity index is 291. The van der Waals surface area contributed by atoms with Gasteiger partial charge in [-0.2, -0.15) is 0 Å². The highest BCUT2D eigenvalue weighted by atomic mass is 16.5. The Kier molecular flexibility index (Phi) is 3.29. The van der Waals surface area contributed by atoms with Gasteiger partial charge in [-0.1, -0.05) is 0 Å². The average Bonchev–Trinajstić information content (AvgIpc) is 2.51. The first kappa shape index (κ1) is 11.2. The van der Waals surface area contributed by atoms with Crippen molar-refractivity contribution < 1.29 is 4.74 Å². The molecule has 1 rings (SSSR count). The van der Waals surface area contributed by atoms with Gasteiger partial charge < -0.3 is 15.0 Å². The first-order valence-corrected chi connectivity index (χ1v) is 4.76. The lowest BCUT2D eigenvalue weighted by Gasteiger charge is -2.28. The Labute approximate surface area is 85.1 Å². The van der Waals surface area contributed by atoms with E-state index >= 15 is 0 Å². The van der Waals surface area contributed by atoms with Gasteiger partial charge in [-0.3, -0.25) is 0 Å². The molecule has 0 saturated heterocycles. The van der Waals surface area contributed by atoms with Crippen molar-refractivity contribution in [3.05, 3.63) is 18.2 Å². The first-order valence-electron chi connectivity index (χ1n) is 4.76. The van der Waals surface area contributed by atoms with Gasteiger partial charge >= 0.3 is 0 Å². The summed E-state index contributed by atoms with van der Waals surface area (Å²) in [5, 5.41) is 0. The molecule has 1 aromatic heterocycles. The Morgan fingerprint density at radius 1 is 1.64 bits per heavy atom. The van der Waals surface area contributed by atoms with Crippen LogP contribution in [0.3, 0.4) is 0 Å². The van der Waals surface area contributed by atoms with Gasteiger partial charge in [0.25, 0.3) is 0 Å². The molecule has 0 unspecified atom stereocenters. The summed E-state index contributed by atoms with van der Waals surface area (Å²) in [6, 6.07) is -0.00590. The lowest BCUT2D eigenvalue weighted by atomic mass is 10.1. The highest BCUT2D eigenvalue weighted by Crippen LogP contribution is 2.20. The number of aromatic nitrogens is 2. The predicted octanol–water partition coefficient (Wildman–Crippen LogP) is 1.28. The van der Waals surface area contributed by atoms with Crippen LogP contribution in [0.1, 0.15) is 32.5 Å². The maximum atomic E-state index is 5.85. The van der Waals surface area contributed by atoms with Gasteiger partial charge in [-0.15, -0.1) is 0 Å². The maximum absolute atomic E-state index is 5.85. The highest BCUT2D eigenvalue weighted by Gasteiger charge is 2.23. The molecule has 2 N–H and O–H groups in total. The topological polar surface area (TPSA) is 53.1 Å². The van der Waals surface area contributed by atoms with E-state index in [1.165, 1.54) is 0 Å². The molecule has 0 aliphatic rings. The first-order chi connectivity index (χ1) is 6.49. The minimum Gasteiger partial charge on any atom is -0.382 e. The number of methoxy groups -OCH3 is 1. The Morgan fingerprint density at radius 2 is 2.29 bits per heavy atom. The molecule has 0 saturated carbocycles. The average molecular weight is 197 g/mol. The number of nitrogens with zero attached hydrogens (tertiary/aromatic N) is 2. The Hall–Kier alpha value is -0.870. The quantitative estimate of drug-likeness (QED) is 0.791. The number of imidazole rings is 1. The van der Waals surface area contributed by atoms with Gasteiger partial charge in [0, 0.05) is 19.3 Å². The smallest absolute Gasteiger partial charge is 0.0954 e. The monoisotopic (exact) mass is 197 g/mol. The van der Waals surface area contributed by atoms with Crippen LogP contribution >= 0.6 is 0 Å². The Morgan fingerprint density at radius 3 is 2.79 bits per heavy atom. The number of rotatable bonds is 4. The van der Waals surface area contributed by atoms with Gasteiger partial charge in [0.05, 0.1) is 24.2 Å². The van der Waals surface area contributed by atoms with Crippen LogP contribution in [-0.2, 0) is 10.3 Å². The van der Waals surface area contributed by atoms with Crippen molar-refractivity contribution in [2.45, 2.75) is 32.4 Å². The molecule has 0 aliphatic carbocycles. The molecule has 80 valence electrons. The van der Waals surface area contributed by atoms with Crippen molar-refractivity contribution in [2.24, 2.45) is 5.73 Å². The van der Waals surface area contributed by atoms with E-state index in [1.54, 1.807) is 13.4 Å². The molecule has 0 bridgehead atoms. The molecule has 0 spiro atoms. The molecule has 0 amide bonds. The minimum atomic E-state index is -0.103. The molecule has 0 fully saturated rings. The fourth-order valence-electron chi connectivity index (χ4n) is 1.57. The number of hydrogen-bond acceptors (Lipinski definition) is 3. The van der Waals surface area contributed by atoms with E-state index in [4.69, 9.17) is 10.5 Å². The summed E-state index contributed by atoms with van der Waals surface area (Å²) >= 11 is 0. The molecule has 1 heterocycles. The summed E-state index contributed by atoms with van der Waals surface area (Å²) in [5.41, 5.74) is 6.78. The minimum absolute atomic E-state index is 0.00590. The van der Waals surface area contributed by atoms with Crippen LogP contribution in [-0.4, -0.2) is 23.3 Å². The van der Waals surface area contributed by atoms with Crippen molar-refractivity contribution in [2.75, 3.05) is 13.7 Å². The van der Waals surface area contributed by atoms with E-state index in [9.17, 15) is 0 Å². The molecular formula is C10H19N3O. The molecular weight excluding hydrogens is 178 g/mol. The van der Waals surface area contributed by atoms with Crippen LogP contribution in [0, 0.1) is 0 Å². The van der Waals surface area contributed by atoms with Crippen LogP contribution in [0.5, 0.6) is 0 Å². The van der Waals surface area contributed by atoms with Crippen LogP contribution in [0.4, 0.5) is 0 Å². The SMILES string of the molecule is COCC(C)(C)n1cncc1[C@H](C)N. The molecule has 1 atom stereocenters. The summed E-state index contributed by atoms with van der Waals surface area (Å²) in [4.78, 5) is 4.12. The van der Waals surface area contributed by atoms with Gasteiger partial charge in [0.2, 0.25) is 0 Å². The van der Waals surface area contributed by atoms with Crippen LogP contribution < -0.4 is 5.73 Å². The second-order valence-electron chi connectivity index (χ2n) is 4.22. The summed E-state index contributed by atoms with van der Waals surface area (Å²) in [7, 11) is 1.70. The van der Waals surface area contributed by atoms with Crippen LogP contribution in [0.15, 0.2) is 12.5 Å². The third-order valence-corrected chi connectivity index (χ3v) is 2.28. The summed E-state index contributed by atoms with van der Waals surface area (Å²) < 4.78 is 7.25. The zero-order valence-corrected chi connectivity index (χ0v) is 9.32. The molecule has 4 nitrogen and oxygen atoms in total. The zero-order chi connectivity index (χ0) is 10.8. The molecule has 0 aromatic carbocycles. The summed E-state index contributed by atoms with van der Waals surface area (Å²) in [6.07, 6.45) is 3.61. The van der Waals surface area contributed by atoms with Crippen molar-refractivity contribution in [1.82, 2.24) is 9.55 Å². The zero-order valence-electron chi connectivity index (χ0n) is 9.32. The van der Waals surface area contributed by atoms with Gasteiger partial charge in [-0.25, -0.2) is 4.98 Å². The normalized spacial score (nSPS) is 14.4.